The molecule has 0 saturated carbocycles. The molecule has 0 saturated heterocycles. The lowest BCUT2D eigenvalue weighted by molar-refractivity contribution is 1.50. The standard InChI is InChI=1S/C36H18N2S2/c1-3-9-21-19(7-1)23-11-5-13-25-29(17-15-27(21)31(23)25)33-37-35-36(39-33)38-34(40-35)30-18-16-28-22-10-4-2-8-20(22)24-12-6-14-26(30)32(24)28/h1-18H. The zero-order valence-corrected chi connectivity index (χ0v) is 22.7. The predicted octanol–water partition coefficient (Wildman–Crippen LogP) is 10.7. The van der Waals surface area contributed by atoms with Crippen molar-refractivity contribution >= 4 is 53.9 Å². The lowest BCUT2D eigenvalue weighted by Crippen LogP contribution is -1.83. The van der Waals surface area contributed by atoms with Crippen molar-refractivity contribution in [3.05, 3.63) is 109 Å². The van der Waals surface area contributed by atoms with Gasteiger partial charge < -0.3 is 0 Å². The number of benzene rings is 6. The number of hydrogen-bond acceptors (Lipinski definition) is 4. The van der Waals surface area contributed by atoms with Crippen molar-refractivity contribution in [2.24, 2.45) is 0 Å². The highest BCUT2D eigenvalue weighted by molar-refractivity contribution is 7.29. The Morgan fingerprint density at radius 2 is 0.675 bits per heavy atom. The number of nitrogens with zero attached hydrogens (tertiary/aromatic N) is 2. The van der Waals surface area contributed by atoms with Crippen LogP contribution in [0.5, 0.6) is 0 Å². The average molecular weight is 543 g/mol. The fourth-order valence-electron chi connectivity index (χ4n) is 6.86. The molecule has 0 unspecified atom stereocenters. The third-order valence-electron chi connectivity index (χ3n) is 8.53. The van der Waals surface area contributed by atoms with Crippen LogP contribution in [0, 0.1) is 0 Å². The van der Waals surface area contributed by atoms with Crippen LogP contribution in [0.2, 0.25) is 0 Å². The van der Waals surface area contributed by atoms with E-state index < -0.39 is 0 Å². The quantitative estimate of drug-likeness (QED) is 0.217. The van der Waals surface area contributed by atoms with Gasteiger partial charge >= 0.3 is 0 Å². The molecule has 4 heteroatoms. The molecule has 2 nitrogen and oxygen atoms in total. The van der Waals surface area contributed by atoms with Crippen molar-refractivity contribution in [2.45, 2.75) is 0 Å². The van der Waals surface area contributed by atoms with Crippen LogP contribution in [0.25, 0.3) is 96.9 Å². The molecule has 2 aliphatic carbocycles. The van der Waals surface area contributed by atoms with Crippen molar-refractivity contribution < 1.29 is 0 Å². The van der Waals surface area contributed by atoms with E-state index in [1.165, 1.54) is 77.2 Å². The maximum atomic E-state index is 5.14. The van der Waals surface area contributed by atoms with E-state index in [0.29, 0.717) is 0 Å². The van der Waals surface area contributed by atoms with E-state index in [1.54, 1.807) is 22.7 Å². The lowest BCUT2D eigenvalue weighted by Gasteiger charge is -2.07. The molecule has 0 radical (unpaired) electrons. The summed E-state index contributed by atoms with van der Waals surface area (Å²) in [6.07, 6.45) is 0. The van der Waals surface area contributed by atoms with Gasteiger partial charge in [-0.2, -0.15) is 0 Å². The fraction of sp³-hybridized carbons (Fsp3) is 0. The van der Waals surface area contributed by atoms with E-state index >= 15 is 0 Å². The highest BCUT2D eigenvalue weighted by Gasteiger charge is 2.25. The summed E-state index contributed by atoms with van der Waals surface area (Å²) in [6.45, 7) is 0. The molecular weight excluding hydrogens is 525 g/mol. The van der Waals surface area contributed by atoms with Crippen molar-refractivity contribution in [1.82, 2.24) is 9.97 Å². The molecule has 0 amide bonds. The van der Waals surface area contributed by atoms with Crippen LogP contribution in [0.1, 0.15) is 0 Å². The van der Waals surface area contributed by atoms with Gasteiger partial charge in [-0.3, -0.25) is 0 Å². The molecular formula is C36H18N2S2. The fourth-order valence-corrected chi connectivity index (χ4v) is 8.98. The van der Waals surface area contributed by atoms with Gasteiger partial charge in [-0.15, -0.1) is 0 Å². The first kappa shape index (κ1) is 21.2. The maximum Gasteiger partial charge on any atom is 0.155 e. The molecule has 2 aromatic heterocycles. The molecule has 8 aromatic rings. The minimum atomic E-state index is 1.01. The van der Waals surface area contributed by atoms with Gasteiger partial charge in [0.15, 0.2) is 9.66 Å². The van der Waals surface area contributed by atoms with Crippen molar-refractivity contribution in [2.75, 3.05) is 0 Å². The molecule has 0 fully saturated rings. The Morgan fingerprint density at radius 1 is 0.325 bits per heavy atom. The van der Waals surface area contributed by atoms with Crippen LogP contribution < -0.4 is 0 Å². The average Bonchev–Trinajstić information content (AvgIpc) is 3.75. The molecule has 0 aliphatic heterocycles. The number of thiazole rings is 2. The molecule has 0 N–H and O–H groups in total. The molecule has 0 atom stereocenters. The Balaban J connectivity index is 1.12. The van der Waals surface area contributed by atoms with E-state index in [4.69, 9.17) is 9.97 Å². The summed E-state index contributed by atoms with van der Waals surface area (Å²) in [5.41, 5.74) is 12.9. The summed E-state index contributed by atoms with van der Waals surface area (Å²) in [4.78, 5) is 12.3. The zero-order valence-electron chi connectivity index (χ0n) is 21.1. The van der Waals surface area contributed by atoms with Crippen LogP contribution in [0.4, 0.5) is 0 Å². The lowest BCUT2D eigenvalue weighted by atomic mass is 9.99. The predicted molar refractivity (Wildman–Crippen MR) is 170 cm³/mol. The number of aromatic nitrogens is 2. The second-order valence-electron chi connectivity index (χ2n) is 10.5. The monoisotopic (exact) mass is 542 g/mol. The van der Waals surface area contributed by atoms with Crippen LogP contribution in [0.15, 0.2) is 109 Å². The van der Waals surface area contributed by atoms with E-state index in [1.807, 2.05) is 0 Å². The highest BCUT2D eigenvalue weighted by atomic mass is 32.1. The Kier molecular flexibility index (Phi) is 3.98. The topological polar surface area (TPSA) is 25.8 Å². The van der Waals surface area contributed by atoms with E-state index in [-0.39, 0.29) is 0 Å². The first-order valence-electron chi connectivity index (χ1n) is 13.4. The molecule has 40 heavy (non-hydrogen) atoms. The smallest absolute Gasteiger partial charge is 0.155 e. The Bertz CT molecular complexity index is 2140. The SMILES string of the molecule is c1ccc2c(c1)-c1cccc3c(-c4nc5sc(-c6ccc7c8c(cccc68)-c6ccccc6-7)nc5s4)ccc-2c13. The summed E-state index contributed by atoms with van der Waals surface area (Å²) in [7, 11) is 0. The Hall–Kier alpha value is -4.64. The van der Waals surface area contributed by atoms with E-state index in [2.05, 4.69) is 109 Å². The van der Waals surface area contributed by atoms with Gasteiger partial charge in [0.2, 0.25) is 0 Å². The molecule has 0 spiro atoms. The molecule has 2 heterocycles. The summed E-state index contributed by atoms with van der Waals surface area (Å²) in [6, 6.07) is 39.8. The van der Waals surface area contributed by atoms with Gasteiger partial charge in [0.25, 0.3) is 0 Å². The van der Waals surface area contributed by atoms with Crippen molar-refractivity contribution in [3.63, 3.8) is 0 Å². The number of fused-ring (bicyclic) bond motifs is 7. The van der Waals surface area contributed by atoms with Gasteiger partial charge in [0, 0.05) is 11.1 Å². The Morgan fingerprint density at radius 3 is 1.10 bits per heavy atom. The van der Waals surface area contributed by atoms with Crippen LogP contribution in [-0.4, -0.2) is 9.97 Å². The van der Waals surface area contributed by atoms with Crippen LogP contribution >= 0.6 is 22.7 Å². The first-order chi connectivity index (χ1) is 19.8. The summed E-state index contributed by atoms with van der Waals surface area (Å²) < 4.78 is 0. The summed E-state index contributed by atoms with van der Waals surface area (Å²) in [5, 5.41) is 7.27. The number of rotatable bonds is 2. The van der Waals surface area contributed by atoms with Crippen LogP contribution in [-0.2, 0) is 0 Å². The molecule has 0 bridgehead atoms. The molecule has 10 rings (SSSR count). The third kappa shape index (κ3) is 2.63. The first-order valence-corrected chi connectivity index (χ1v) is 15.1. The van der Waals surface area contributed by atoms with Crippen molar-refractivity contribution in [3.8, 4) is 65.6 Å². The zero-order chi connectivity index (χ0) is 25.9. The Labute approximate surface area is 237 Å². The second-order valence-corrected chi connectivity index (χ2v) is 12.5. The highest BCUT2D eigenvalue weighted by Crippen LogP contribution is 2.51. The van der Waals surface area contributed by atoms with Gasteiger partial charge in [0.1, 0.15) is 10.0 Å². The second kappa shape index (κ2) is 7.51. The van der Waals surface area contributed by atoms with E-state index in [9.17, 15) is 0 Å². The van der Waals surface area contributed by atoms with Gasteiger partial charge in [0.05, 0.1) is 0 Å². The largest absolute Gasteiger partial charge is 0.223 e. The normalized spacial score (nSPS) is 12.5. The number of hydrogen-bond donors (Lipinski definition) is 0. The summed E-state index contributed by atoms with van der Waals surface area (Å²) in [5.74, 6) is 0. The molecule has 6 aromatic carbocycles. The minimum absolute atomic E-state index is 1.01. The van der Waals surface area contributed by atoms with Gasteiger partial charge in [-0.25, -0.2) is 9.97 Å². The van der Waals surface area contributed by atoms with Gasteiger partial charge in [-0.1, -0.05) is 132 Å². The van der Waals surface area contributed by atoms with Gasteiger partial charge in [-0.05, 0) is 66.1 Å². The summed E-state index contributed by atoms with van der Waals surface area (Å²) >= 11 is 3.40. The molecule has 184 valence electrons. The van der Waals surface area contributed by atoms with E-state index in [0.717, 1.165) is 19.7 Å². The maximum absolute atomic E-state index is 5.14. The third-order valence-corrected chi connectivity index (χ3v) is 10.6. The molecule has 2 aliphatic rings. The van der Waals surface area contributed by atoms with Crippen LogP contribution in [0.3, 0.4) is 0 Å². The minimum Gasteiger partial charge on any atom is -0.223 e. The van der Waals surface area contributed by atoms with Crippen molar-refractivity contribution in [1.29, 1.82) is 0 Å².